The molecule has 5 rings (SSSR count). The Balaban J connectivity index is 1.69. The van der Waals surface area contributed by atoms with Crippen molar-refractivity contribution in [1.29, 1.82) is 0 Å². The van der Waals surface area contributed by atoms with E-state index in [2.05, 4.69) is 25.4 Å². The maximum atomic E-state index is 14.4. The first-order valence-electron chi connectivity index (χ1n) is 8.63. The van der Waals surface area contributed by atoms with Gasteiger partial charge in [0.15, 0.2) is 5.69 Å². The van der Waals surface area contributed by atoms with Crippen molar-refractivity contribution in [3.63, 3.8) is 0 Å². The molecule has 0 spiro atoms. The van der Waals surface area contributed by atoms with Gasteiger partial charge in [0, 0.05) is 23.5 Å². The van der Waals surface area contributed by atoms with Crippen LogP contribution in [0.4, 0.5) is 4.39 Å². The molecule has 28 heavy (non-hydrogen) atoms. The van der Waals surface area contributed by atoms with Crippen LogP contribution in [0.2, 0.25) is 0 Å². The molecule has 0 atom stereocenters. The van der Waals surface area contributed by atoms with Crippen molar-refractivity contribution in [2.75, 3.05) is 0 Å². The third kappa shape index (κ3) is 2.71. The maximum Gasteiger partial charge on any atom is 0.281 e. The summed E-state index contributed by atoms with van der Waals surface area (Å²) in [6, 6.07) is 9.94. The number of hydrogen-bond donors (Lipinski definition) is 0. The summed E-state index contributed by atoms with van der Waals surface area (Å²) in [5, 5.41) is 12.4. The van der Waals surface area contributed by atoms with E-state index in [1.807, 2.05) is 18.2 Å². The molecule has 1 aliphatic carbocycles. The lowest BCUT2D eigenvalue weighted by Gasteiger charge is -2.08. The fourth-order valence-corrected chi connectivity index (χ4v) is 3.05. The molecule has 0 saturated carbocycles. The molecular weight excluding hydrogens is 359 g/mol. The first-order valence-corrected chi connectivity index (χ1v) is 8.63. The second-order valence-electron chi connectivity index (χ2n) is 6.11. The van der Waals surface area contributed by atoms with Gasteiger partial charge in [-0.1, -0.05) is 40.7 Å². The highest BCUT2D eigenvalue weighted by molar-refractivity contribution is 5.77. The molecule has 1 aliphatic rings. The predicted octanol–water partition coefficient (Wildman–Crippen LogP) is 3.86. The van der Waals surface area contributed by atoms with E-state index in [1.54, 1.807) is 42.7 Å². The van der Waals surface area contributed by atoms with Crippen molar-refractivity contribution in [2.45, 2.75) is 6.42 Å². The summed E-state index contributed by atoms with van der Waals surface area (Å²) in [6.07, 6.45) is 10.1. The molecule has 1 aromatic carbocycles. The van der Waals surface area contributed by atoms with E-state index in [1.165, 1.54) is 10.7 Å². The van der Waals surface area contributed by atoms with E-state index in [-0.39, 0.29) is 11.6 Å². The van der Waals surface area contributed by atoms with Crippen molar-refractivity contribution in [3.8, 4) is 28.5 Å². The van der Waals surface area contributed by atoms with Crippen molar-refractivity contribution in [1.82, 2.24) is 30.1 Å². The monoisotopic (exact) mass is 372 g/mol. The molecule has 3 aromatic heterocycles. The van der Waals surface area contributed by atoms with Gasteiger partial charge in [0.25, 0.3) is 5.89 Å². The van der Waals surface area contributed by atoms with Gasteiger partial charge in [-0.15, -0.1) is 5.10 Å². The van der Waals surface area contributed by atoms with Gasteiger partial charge in [0.05, 0.1) is 0 Å². The average molecular weight is 372 g/mol. The number of hydrogen-bond acceptors (Lipinski definition) is 6. The molecule has 0 N–H and O–H groups in total. The maximum absolute atomic E-state index is 14.4. The number of halogens is 1. The van der Waals surface area contributed by atoms with Crippen LogP contribution < -0.4 is 0 Å². The standard InChI is InChI=1S/C20H13FN6O/c21-15-7-3-4-8-16(15)27-18(13-9-11-22-12-10-13)17(24-26-27)20-23-19(25-28-20)14-5-1-2-6-14/h1,3-12H,2H2. The minimum absolute atomic E-state index is 0.214. The molecule has 7 nitrogen and oxygen atoms in total. The van der Waals surface area contributed by atoms with E-state index in [0.717, 1.165) is 17.6 Å². The zero-order valence-corrected chi connectivity index (χ0v) is 14.5. The summed E-state index contributed by atoms with van der Waals surface area (Å²) >= 11 is 0. The van der Waals surface area contributed by atoms with Crippen LogP contribution in [0.3, 0.4) is 0 Å². The molecule has 0 amide bonds. The fraction of sp³-hybridized carbons (Fsp3) is 0.0500. The molecular formula is C20H13FN6O. The molecule has 4 aromatic rings. The number of rotatable bonds is 4. The first-order chi connectivity index (χ1) is 13.8. The normalized spacial score (nSPS) is 13.1. The van der Waals surface area contributed by atoms with Gasteiger partial charge in [-0.05, 0) is 30.7 Å². The summed E-state index contributed by atoms with van der Waals surface area (Å²) in [4.78, 5) is 8.50. The second-order valence-corrected chi connectivity index (χ2v) is 6.11. The topological polar surface area (TPSA) is 82.5 Å². The lowest BCUT2D eigenvalue weighted by atomic mass is 10.1. The molecule has 0 unspecified atom stereocenters. The van der Waals surface area contributed by atoms with E-state index in [9.17, 15) is 4.39 Å². The second kappa shape index (κ2) is 6.66. The minimum atomic E-state index is -0.415. The first kappa shape index (κ1) is 16.2. The predicted molar refractivity (Wildman–Crippen MR) is 99.6 cm³/mol. The van der Waals surface area contributed by atoms with Gasteiger partial charge in [0.2, 0.25) is 5.82 Å². The van der Waals surface area contributed by atoms with Crippen LogP contribution in [-0.2, 0) is 0 Å². The van der Waals surface area contributed by atoms with Gasteiger partial charge in [-0.3, -0.25) is 4.98 Å². The number of para-hydroxylation sites is 1. The summed E-state index contributed by atoms with van der Waals surface area (Å²) in [6.45, 7) is 0. The fourth-order valence-electron chi connectivity index (χ4n) is 3.05. The number of nitrogens with zero attached hydrogens (tertiary/aromatic N) is 6. The Morgan fingerprint density at radius 1 is 1.07 bits per heavy atom. The van der Waals surface area contributed by atoms with Crippen LogP contribution in [0.1, 0.15) is 12.2 Å². The highest BCUT2D eigenvalue weighted by Crippen LogP contribution is 2.32. The lowest BCUT2D eigenvalue weighted by molar-refractivity contribution is 0.427. The van der Waals surface area contributed by atoms with E-state index >= 15 is 0 Å². The Bertz CT molecular complexity index is 1210. The molecule has 8 heteroatoms. The average Bonchev–Trinajstić information content (AvgIpc) is 3.48. The number of benzene rings is 1. The van der Waals surface area contributed by atoms with Crippen molar-refractivity contribution >= 4 is 5.57 Å². The molecule has 0 bridgehead atoms. The van der Waals surface area contributed by atoms with Crippen LogP contribution in [0.5, 0.6) is 0 Å². The molecule has 0 radical (unpaired) electrons. The van der Waals surface area contributed by atoms with Crippen LogP contribution in [-0.4, -0.2) is 30.1 Å². The van der Waals surface area contributed by atoms with Gasteiger partial charge in [-0.25, -0.2) is 9.07 Å². The van der Waals surface area contributed by atoms with Crippen LogP contribution in [0, 0.1) is 5.82 Å². The number of aromatic nitrogens is 6. The third-order valence-corrected chi connectivity index (χ3v) is 4.36. The highest BCUT2D eigenvalue weighted by atomic mass is 19.1. The Morgan fingerprint density at radius 3 is 2.71 bits per heavy atom. The Labute approximate surface area is 158 Å². The Morgan fingerprint density at radius 2 is 1.93 bits per heavy atom. The number of allylic oxidation sites excluding steroid dienone is 4. The summed E-state index contributed by atoms with van der Waals surface area (Å²) in [5.41, 5.74) is 2.82. The van der Waals surface area contributed by atoms with E-state index < -0.39 is 5.82 Å². The zero-order valence-electron chi connectivity index (χ0n) is 14.5. The van der Waals surface area contributed by atoms with Crippen LogP contribution in [0.15, 0.2) is 71.5 Å². The molecule has 136 valence electrons. The minimum Gasteiger partial charge on any atom is -0.332 e. The van der Waals surface area contributed by atoms with Gasteiger partial charge >= 0.3 is 0 Å². The van der Waals surface area contributed by atoms with Crippen molar-refractivity contribution in [3.05, 3.63) is 78.7 Å². The van der Waals surface area contributed by atoms with Gasteiger partial charge in [0.1, 0.15) is 17.2 Å². The molecule has 0 fully saturated rings. The largest absolute Gasteiger partial charge is 0.332 e. The lowest BCUT2D eigenvalue weighted by Crippen LogP contribution is -2.02. The van der Waals surface area contributed by atoms with Crippen molar-refractivity contribution in [2.24, 2.45) is 0 Å². The van der Waals surface area contributed by atoms with E-state index in [0.29, 0.717) is 17.2 Å². The Kier molecular flexibility index (Phi) is 3.86. The summed E-state index contributed by atoms with van der Waals surface area (Å²) < 4.78 is 21.3. The van der Waals surface area contributed by atoms with E-state index in [4.69, 9.17) is 4.52 Å². The quantitative estimate of drug-likeness (QED) is 0.541. The summed E-state index contributed by atoms with van der Waals surface area (Å²) in [7, 11) is 0. The highest BCUT2D eigenvalue weighted by Gasteiger charge is 2.24. The third-order valence-electron chi connectivity index (χ3n) is 4.36. The van der Waals surface area contributed by atoms with Crippen LogP contribution in [0.25, 0.3) is 34.1 Å². The summed E-state index contributed by atoms with van der Waals surface area (Å²) in [5.74, 6) is 0.275. The molecule has 3 heterocycles. The smallest absolute Gasteiger partial charge is 0.281 e. The zero-order chi connectivity index (χ0) is 18.9. The van der Waals surface area contributed by atoms with Gasteiger partial charge < -0.3 is 4.52 Å². The molecule has 0 saturated heterocycles. The van der Waals surface area contributed by atoms with Gasteiger partial charge in [-0.2, -0.15) is 4.98 Å². The Hall–Kier alpha value is -3.94. The SMILES string of the molecule is Fc1ccccc1-n1nnc(-c2nc(C3=CCC=C3)no2)c1-c1ccncc1. The molecule has 0 aliphatic heterocycles. The van der Waals surface area contributed by atoms with Crippen LogP contribution >= 0.6 is 0 Å². The van der Waals surface area contributed by atoms with Crippen molar-refractivity contribution < 1.29 is 8.91 Å². The number of pyridine rings is 1.